The Bertz CT molecular complexity index is 1130. The zero-order valence-electron chi connectivity index (χ0n) is 18.9. The largest absolute Gasteiger partial charge is 0.392 e. The Labute approximate surface area is 196 Å². The third-order valence-corrected chi connectivity index (χ3v) is 6.96. The number of carbonyl (C=O) groups is 3. The number of likely N-dealkylation sites (tertiary alicyclic amines) is 1. The van der Waals surface area contributed by atoms with Crippen LogP contribution in [0.2, 0.25) is 0 Å². The van der Waals surface area contributed by atoms with Gasteiger partial charge in [0.2, 0.25) is 11.8 Å². The van der Waals surface area contributed by atoms with Gasteiger partial charge < -0.3 is 10.4 Å². The van der Waals surface area contributed by atoms with E-state index in [-0.39, 0.29) is 37.2 Å². The molecule has 2 aromatic carbocycles. The molecule has 178 valence electrons. The first-order valence-corrected chi connectivity index (χ1v) is 11.4. The Balaban J connectivity index is 1.34. The van der Waals surface area contributed by atoms with Crippen molar-refractivity contribution < 1.29 is 23.9 Å². The van der Waals surface area contributed by atoms with Crippen molar-refractivity contribution in [2.75, 3.05) is 25.0 Å². The zero-order valence-corrected chi connectivity index (χ0v) is 18.9. The quantitative estimate of drug-likeness (QED) is 0.647. The highest BCUT2D eigenvalue weighted by Crippen LogP contribution is 2.41. The molecule has 3 aliphatic heterocycles. The van der Waals surface area contributed by atoms with Crippen molar-refractivity contribution in [1.29, 1.82) is 0 Å². The number of β-amino-alcohol motifs (C(OH)–C–C–N with tert-alkyl or cyclic N) is 1. The molecular formula is C25H27FN4O4. The maximum Gasteiger partial charge on any atom is 0.252 e. The Hall–Kier alpha value is -3.14. The highest BCUT2D eigenvalue weighted by atomic mass is 19.1. The van der Waals surface area contributed by atoms with Crippen molar-refractivity contribution in [2.45, 2.75) is 44.1 Å². The van der Waals surface area contributed by atoms with Crippen LogP contribution in [-0.4, -0.2) is 74.8 Å². The molecule has 2 unspecified atom stereocenters. The van der Waals surface area contributed by atoms with Gasteiger partial charge in [-0.25, -0.2) is 4.39 Å². The monoisotopic (exact) mass is 466 g/mol. The summed E-state index contributed by atoms with van der Waals surface area (Å²) in [5, 5.41) is 13.0. The van der Waals surface area contributed by atoms with Gasteiger partial charge in [0.05, 0.1) is 18.7 Å². The van der Waals surface area contributed by atoms with E-state index >= 15 is 0 Å². The van der Waals surface area contributed by atoms with Crippen LogP contribution >= 0.6 is 0 Å². The van der Waals surface area contributed by atoms with Crippen molar-refractivity contribution in [3.63, 3.8) is 0 Å². The molecule has 3 aliphatic rings. The summed E-state index contributed by atoms with van der Waals surface area (Å²) in [6.45, 7) is 3.06. The average molecular weight is 467 g/mol. The summed E-state index contributed by atoms with van der Waals surface area (Å²) in [6, 6.07) is 13.1. The van der Waals surface area contributed by atoms with Crippen LogP contribution in [0.1, 0.15) is 24.5 Å². The Morgan fingerprint density at radius 2 is 1.82 bits per heavy atom. The number of nitrogens with zero attached hydrogens (tertiary/aromatic N) is 3. The van der Waals surface area contributed by atoms with Gasteiger partial charge in [-0.15, -0.1) is 0 Å². The Morgan fingerprint density at radius 3 is 2.50 bits per heavy atom. The molecule has 34 heavy (non-hydrogen) atoms. The molecule has 0 saturated carbocycles. The number of aliphatic hydroxyl groups is 1. The molecule has 9 heteroatoms. The first-order valence-electron chi connectivity index (χ1n) is 11.4. The van der Waals surface area contributed by atoms with Crippen LogP contribution in [0.15, 0.2) is 48.5 Å². The topological polar surface area (TPSA) is 93.2 Å². The number of benzene rings is 2. The number of nitrogens with one attached hydrogen (secondary N) is 1. The highest BCUT2D eigenvalue weighted by molar-refractivity contribution is 6.06. The second kappa shape index (κ2) is 8.57. The number of hydrogen-bond donors (Lipinski definition) is 2. The molecule has 0 aromatic heterocycles. The first kappa shape index (κ1) is 22.6. The van der Waals surface area contributed by atoms with E-state index in [1.165, 1.54) is 17.9 Å². The van der Waals surface area contributed by atoms with Gasteiger partial charge in [0.1, 0.15) is 11.4 Å². The average Bonchev–Trinajstić information content (AvgIpc) is 3.17. The number of amides is 3. The molecule has 5 rings (SSSR count). The van der Waals surface area contributed by atoms with E-state index in [0.29, 0.717) is 25.2 Å². The van der Waals surface area contributed by atoms with Gasteiger partial charge in [0.25, 0.3) is 5.91 Å². The molecule has 0 aliphatic carbocycles. The number of rotatable bonds is 5. The van der Waals surface area contributed by atoms with Crippen LogP contribution in [0.5, 0.6) is 0 Å². The summed E-state index contributed by atoms with van der Waals surface area (Å²) >= 11 is 0. The third kappa shape index (κ3) is 3.89. The summed E-state index contributed by atoms with van der Waals surface area (Å²) in [4.78, 5) is 43.2. The van der Waals surface area contributed by atoms with E-state index in [0.717, 1.165) is 11.3 Å². The van der Waals surface area contributed by atoms with Crippen LogP contribution in [0.4, 0.5) is 10.1 Å². The molecule has 3 amide bonds. The third-order valence-electron chi connectivity index (χ3n) is 6.96. The smallest absolute Gasteiger partial charge is 0.252 e. The highest BCUT2D eigenvalue weighted by Gasteiger charge is 2.64. The molecule has 0 bridgehead atoms. The van der Waals surface area contributed by atoms with E-state index in [9.17, 15) is 23.9 Å². The van der Waals surface area contributed by atoms with Crippen LogP contribution in [0.3, 0.4) is 0 Å². The van der Waals surface area contributed by atoms with Crippen LogP contribution < -0.4 is 5.32 Å². The summed E-state index contributed by atoms with van der Waals surface area (Å²) in [7, 11) is 0. The van der Waals surface area contributed by atoms with E-state index in [1.807, 2.05) is 29.2 Å². The zero-order chi connectivity index (χ0) is 24.0. The minimum Gasteiger partial charge on any atom is -0.392 e. The van der Waals surface area contributed by atoms with Crippen LogP contribution in [0.25, 0.3) is 0 Å². The lowest BCUT2D eigenvalue weighted by molar-refractivity contribution is -0.181. The maximum absolute atomic E-state index is 14.3. The fourth-order valence-electron chi connectivity index (χ4n) is 5.40. The van der Waals surface area contributed by atoms with Gasteiger partial charge >= 0.3 is 0 Å². The second-order valence-electron chi connectivity index (χ2n) is 9.43. The van der Waals surface area contributed by atoms with Gasteiger partial charge in [-0.05, 0) is 30.2 Å². The number of hydrogen-bond acceptors (Lipinski definition) is 6. The standard InChI is InChI=1S/C25H27FN4O4/c1-16(31)27-19-8-6-17(7-9-19)11-28-14-25(15-28)24(34)29(12-18-4-2-3-5-21(18)26)23(33)22-10-20(32)13-30(22)25/h2-9,20,22,32H,10-15H2,1H3,(H,27,31). The molecule has 2 aromatic rings. The fraction of sp³-hybridized carbons (Fsp3) is 0.400. The predicted molar refractivity (Wildman–Crippen MR) is 122 cm³/mol. The number of aliphatic hydroxyl groups excluding tert-OH is 1. The molecule has 0 radical (unpaired) electrons. The Kier molecular flexibility index (Phi) is 5.71. The maximum atomic E-state index is 14.3. The number of imide groups is 1. The lowest BCUT2D eigenvalue weighted by Gasteiger charge is -2.58. The van der Waals surface area contributed by atoms with Crippen molar-refractivity contribution in [3.8, 4) is 0 Å². The molecule has 3 fully saturated rings. The van der Waals surface area contributed by atoms with Gasteiger partial charge in [-0.2, -0.15) is 0 Å². The van der Waals surface area contributed by atoms with E-state index < -0.39 is 23.5 Å². The molecule has 3 heterocycles. The number of anilines is 1. The normalized spacial score (nSPS) is 24.3. The molecule has 2 N–H and O–H groups in total. The fourth-order valence-corrected chi connectivity index (χ4v) is 5.40. The summed E-state index contributed by atoms with van der Waals surface area (Å²) in [5.41, 5.74) is 1.14. The minimum atomic E-state index is -0.905. The van der Waals surface area contributed by atoms with Gasteiger partial charge in [0, 0.05) is 44.4 Å². The summed E-state index contributed by atoms with van der Waals surface area (Å²) in [5.74, 6) is -1.29. The van der Waals surface area contributed by atoms with Crippen LogP contribution in [0, 0.1) is 5.82 Å². The summed E-state index contributed by atoms with van der Waals surface area (Å²) < 4.78 is 14.3. The summed E-state index contributed by atoms with van der Waals surface area (Å²) in [6.07, 6.45) is -0.408. The molecule has 2 atom stereocenters. The molecule has 8 nitrogen and oxygen atoms in total. The van der Waals surface area contributed by atoms with E-state index in [2.05, 4.69) is 10.2 Å². The van der Waals surface area contributed by atoms with Crippen molar-refractivity contribution in [1.82, 2.24) is 14.7 Å². The first-order chi connectivity index (χ1) is 16.3. The van der Waals surface area contributed by atoms with Gasteiger partial charge in [-0.3, -0.25) is 29.1 Å². The molecule has 3 saturated heterocycles. The van der Waals surface area contributed by atoms with Gasteiger partial charge in [0.15, 0.2) is 0 Å². The number of halogens is 1. The number of piperazine rings is 1. The molecular weight excluding hydrogens is 439 g/mol. The van der Waals surface area contributed by atoms with Gasteiger partial charge in [-0.1, -0.05) is 30.3 Å². The number of carbonyl (C=O) groups excluding carboxylic acids is 3. The van der Waals surface area contributed by atoms with Crippen molar-refractivity contribution in [3.05, 3.63) is 65.5 Å². The van der Waals surface area contributed by atoms with Crippen molar-refractivity contribution >= 4 is 23.4 Å². The molecule has 1 spiro atoms. The van der Waals surface area contributed by atoms with E-state index in [4.69, 9.17) is 0 Å². The van der Waals surface area contributed by atoms with Crippen molar-refractivity contribution in [2.24, 2.45) is 0 Å². The Morgan fingerprint density at radius 1 is 1.12 bits per heavy atom. The minimum absolute atomic E-state index is 0.114. The van der Waals surface area contributed by atoms with E-state index in [1.54, 1.807) is 18.2 Å². The predicted octanol–water partition coefficient (Wildman–Crippen LogP) is 1.34. The SMILES string of the molecule is CC(=O)Nc1ccc(CN2CC3(C2)C(=O)N(Cc2ccccc2F)C(=O)C2CC(O)CN23)cc1. The van der Waals surface area contributed by atoms with Crippen LogP contribution in [-0.2, 0) is 27.5 Å². The second-order valence-corrected chi connectivity index (χ2v) is 9.43. The lowest BCUT2D eigenvalue weighted by atomic mass is 9.82. The number of fused-ring (bicyclic) bond motifs is 2. The lowest BCUT2D eigenvalue weighted by Crippen LogP contribution is -2.81.